The van der Waals surface area contributed by atoms with Gasteiger partial charge in [0.1, 0.15) is 5.82 Å². The van der Waals surface area contributed by atoms with Crippen molar-refractivity contribution in [1.29, 1.82) is 0 Å². The molecule has 20 heavy (non-hydrogen) atoms. The maximum atomic E-state index is 13.6. The summed E-state index contributed by atoms with van der Waals surface area (Å²) in [6, 6.07) is 10.4. The molecule has 0 amide bonds. The zero-order chi connectivity index (χ0) is 14.3. The molecule has 102 valence electrons. The molecule has 2 aromatic carbocycles. The van der Waals surface area contributed by atoms with Crippen LogP contribution in [0.15, 0.2) is 36.4 Å². The summed E-state index contributed by atoms with van der Waals surface area (Å²) in [6.07, 6.45) is 0. The number of imidazole rings is 1. The van der Waals surface area contributed by atoms with Crippen LogP contribution < -0.4 is 0 Å². The van der Waals surface area contributed by atoms with Gasteiger partial charge in [-0.3, -0.25) is 0 Å². The largest absolute Gasteiger partial charge is 0.331 e. The first-order valence-electron chi connectivity index (χ1n) is 5.86. The van der Waals surface area contributed by atoms with Gasteiger partial charge in [-0.05, 0) is 36.0 Å². The van der Waals surface area contributed by atoms with Crippen molar-refractivity contribution in [2.75, 3.05) is 0 Å². The molecule has 1 N–H and O–H groups in total. The lowest BCUT2D eigenvalue weighted by atomic mass is 10.2. The third-order valence-electron chi connectivity index (χ3n) is 3.05. The SMILES string of the molecule is Fc1cc2c(cc1Cl)[nH]c(=S)n2Cc1cccc(Cl)c1. The van der Waals surface area contributed by atoms with Crippen molar-refractivity contribution in [3.63, 3.8) is 0 Å². The number of fused-ring (bicyclic) bond motifs is 1. The molecule has 0 saturated heterocycles. The van der Waals surface area contributed by atoms with Gasteiger partial charge < -0.3 is 9.55 Å². The van der Waals surface area contributed by atoms with Crippen LogP contribution in [-0.4, -0.2) is 9.55 Å². The van der Waals surface area contributed by atoms with E-state index in [0.29, 0.717) is 27.4 Å². The van der Waals surface area contributed by atoms with E-state index in [9.17, 15) is 4.39 Å². The van der Waals surface area contributed by atoms with E-state index in [2.05, 4.69) is 4.98 Å². The molecule has 3 aromatic rings. The Bertz CT molecular complexity index is 854. The van der Waals surface area contributed by atoms with Crippen molar-refractivity contribution in [3.8, 4) is 0 Å². The van der Waals surface area contributed by atoms with Crippen molar-refractivity contribution >= 4 is 46.5 Å². The van der Waals surface area contributed by atoms with Gasteiger partial charge in [0.05, 0.1) is 22.6 Å². The third-order valence-corrected chi connectivity index (χ3v) is 3.89. The molecule has 0 bridgehead atoms. The first-order valence-corrected chi connectivity index (χ1v) is 7.03. The van der Waals surface area contributed by atoms with E-state index < -0.39 is 5.82 Å². The second-order valence-corrected chi connectivity index (χ2v) is 5.66. The molecular weight excluding hydrogens is 318 g/mol. The van der Waals surface area contributed by atoms with Crippen LogP contribution in [0, 0.1) is 10.6 Å². The van der Waals surface area contributed by atoms with E-state index in [-0.39, 0.29) is 5.02 Å². The topological polar surface area (TPSA) is 20.7 Å². The lowest BCUT2D eigenvalue weighted by Crippen LogP contribution is -1.99. The monoisotopic (exact) mass is 326 g/mol. The third kappa shape index (κ3) is 2.46. The van der Waals surface area contributed by atoms with E-state index >= 15 is 0 Å². The van der Waals surface area contributed by atoms with Gasteiger partial charge in [0.25, 0.3) is 0 Å². The Labute approximate surface area is 129 Å². The number of rotatable bonds is 2. The van der Waals surface area contributed by atoms with E-state index in [4.69, 9.17) is 35.4 Å². The van der Waals surface area contributed by atoms with Gasteiger partial charge in [0, 0.05) is 11.1 Å². The second kappa shape index (κ2) is 5.20. The fraction of sp³-hybridized carbons (Fsp3) is 0.0714. The highest BCUT2D eigenvalue weighted by atomic mass is 35.5. The van der Waals surface area contributed by atoms with Gasteiger partial charge in [-0.2, -0.15) is 0 Å². The molecular formula is C14H9Cl2FN2S. The predicted molar refractivity (Wildman–Crippen MR) is 82.6 cm³/mol. The Kier molecular flexibility index (Phi) is 3.54. The highest BCUT2D eigenvalue weighted by Crippen LogP contribution is 2.23. The van der Waals surface area contributed by atoms with Crippen LogP contribution in [0.3, 0.4) is 0 Å². The van der Waals surface area contributed by atoms with Crippen LogP contribution in [0.5, 0.6) is 0 Å². The maximum absolute atomic E-state index is 13.6. The summed E-state index contributed by atoms with van der Waals surface area (Å²) >= 11 is 17.0. The number of aromatic amines is 1. The standard InChI is InChI=1S/C14H9Cl2FN2S/c15-9-3-1-2-8(4-9)7-19-13-6-11(17)10(16)5-12(13)18-14(19)20/h1-6H,7H2,(H,18,20). The van der Waals surface area contributed by atoms with Crippen LogP contribution in [0.2, 0.25) is 10.0 Å². The maximum Gasteiger partial charge on any atom is 0.178 e. The molecule has 3 rings (SSSR count). The van der Waals surface area contributed by atoms with E-state index in [0.717, 1.165) is 5.56 Å². The Morgan fingerprint density at radius 1 is 1.20 bits per heavy atom. The molecule has 0 aliphatic rings. The quantitative estimate of drug-likeness (QED) is 0.642. The van der Waals surface area contributed by atoms with Crippen LogP contribution in [0.25, 0.3) is 11.0 Å². The summed E-state index contributed by atoms with van der Waals surface area (Å²) in [5.41, 5.74) is 2.38. The van der Waals surface area contributed by atoms with Gasteiger partial charge in [0.2, 0.25) is 0 Å². The lowest BCUT2D eigenvalue weighted by molar-refractivity contribution is 0.629. The number of benzene rings is 2. The smallest absolute Gasteiger partial charge is 0.178 e. The Morgan fingerprint density at radius 3 is 2.75 bits per heavy atom. The number of halogens is 3. The van der Waals surface area contributed by atoms with Crippen LogP contribution in [0.4, 0.5) is 4.39 Å². The molecule has 1 aromatic heterocycles. The Hall–Kier alpha value is -1.36. The average molecular weight is 327 g/mol. The zero-order valence-corrected chi connectivity index (χ0v) is 12.5. The number of hydrogen-bond donors (Lipinski definition) is 1. The lowest BCUT2D eigenvalue weighted by Gasteiger charge is -2.05. The molecule has 0 atom stereocenters. The van der Waals surface area contributed by atoms with Crippen molar-refractivity contribution in [2.45, 2.75) is 6.54 Å². The number of hydrogen-bond acceptors (Lipinski definition) is 1. The van der Waals surface area contributed by atoms with Crippen molar-refractivity contribution < 1.29 is 4.39 Å². The molecule has 0 saturated carbocycles. The number of nitrogens with one attached hydrogen (secondary N) is 1. The first kappa shape index (κ1) is 13.6. The summed E-state index contributed by atoms with van der Waals surface area (Å²) in [5.74, 6) is -0.465. The summed E-state index contributed by atoms with van der Waals surface area (Å²) < 4.78 is 16.0. The Morgan fingerprint density at radius 2 is 2.00 bits per heavy atom. The fourth-order valence-corrected chi connectivity index (χ4v) is 2.78. The molecule has 0 unspecified atom stereocenters. The summed E-state index contributed by atoms with van der Waals surface area (Å²) in [5, 5.41) is 0.728. The van der Waals surface area contributed by atoms with E-state index in [1.165, 1.54) is 12.1 Å². The van der Waals surface area contributed by atoms with Gasteiger partial charge in [-0.1, -0.05) is 35.3 Å². The van der Waals surface area contributed by atoms with Crippen LogP contribution in [-0.2, 0) is 6.54 Å². The van der Waals surface area contributed by atoms with E-state index in [1.54, 1.807) is 6.07 Å². The van der Waals surface area contributed by atoms with Gasteiger partial charge in [0.15, 0.2) is 4.77 Å². The normalized spacial score (nSPS) is 11.2. The molecule has 2 nitrogen and oxygen atoms in total. The van der Waals surface area contributed by atoms with Gasteiger partial charge in [-0.15, -0.1) is 0 Å². The molecule has 6 heteroatoms. The molecule has 0 aliphatic carbocycles. The fourth-order valence-electron chi connectivity index (χ4n) is 2.13. The van der Waals surface area contributed by atoms with E-state index in [1.807, 2.05) is 22.8 Å². The number of nitrogens with zero attached hydrogens (tertiary/aromatic N) is 1. The van der Waals surface area contributed by atoms with Crippen molar-refractivity contribution in [1.82, 2.24) is 9.55 Å². The second-order valence-electron chi connectivity index (χ2n) is 4.43. The van der Waals surface area contributed by atoms with Crippen LogP contribution in [0.1, 0.15) is 5.56 Å². The number of aromatic nitrogens is 2. The molecule has 1 heterocycles. The Balaban J connectivity index is 2.14. The number of H-pyrrole nitrogens is 1. The van der Waals surface area contributed by atoms with Crippen molar-refractivity contribution in [2.24, 2.45) is 0 Å². The molecule has 0 radical (unpaired) electrons. The summed E-state index contributed by atoms with van der Waals surface area (Å²) in [7, 11) is 0. The highest BCUT2D eigenvalue weighted by Gasteiger charge is 2.09. The van der Waals surface area contributed by atoms with Crippen molar-refractivity contribution in [3.05, 3.63) is 62.6 Å². The molecule has 0 fully saturated rings. The van der Waals surface area contributed by atoms with Gasteiger partial charge >= 0.3 is 0 Å². The average Bonchev–Trinajstić information content (AvgIpc) is 2.67. The predicted octanol–water partition coefficient (Wildman–Crippen LogP) is 5.19. The molecule has 0 spiro atoms. The molecule has 0 aliphatic heterocycles. The minimum absolute atomic E-state index is 0.0728. The zero-order valence-electron chi connectivity index (χ0n) is 10.2. The minimum Gasteiger partial charge on any atom is -0.331 e. The first-order chi connectivity index (χ1) is 9.54. The minimum atomic E-state index is -0.465. The van der Waals surface area contributed by atoms with Gasteiger partial charge in [-0.25, -0.2) is 4.39 Å². The summed E-state index contributed by atoms with van der Waals surface area (Å²) in [6.45, 7) is 0.514. The van der Waals surface area contributed by atoms with Crippen LogP contribution >= 0.6 is 35.4 Å². The highest BCUT2D eigenvalue weighted by molar-refractivity contribution is 7.71. The summed E-state index contributed by atoms with van der Waals surface area (Å²) in [4.78, 5) is 3.02.